The van der Waals surface area contributed by atoms with Crippen molar-refractivity contribution in [2.75, 3.05) is 32.2 Å². The SMILES string of the molecule is COc1ccc(NCC(C)(CO)CO)cn1. The Bertz CT molecular complexity index is 310. The van der Waals surface area contributed by atoms with E-state index in [-0.39, 0.29) is 13.2 Å². The van der Waals surface area contributed by atoms with Gasteiger partial charge in [-0.2, -0.15) is 0 Å². The summed E-state index contributed by atoms with van der Waals surface area (Å²) in [6.07, 6.45) is 1.65. The zero-order valence-electron chi connectivity index (χ0n) is 9.60. The molecule has 0 amide bonds. The Morgan fingerprint density at radius 1 is 1.38 bits per heavy atom. The Morgan fingerprint density at radius 2 is 2.06 bits per heavy atom. The second-order valence-corrected chi connectivity index (χ2v) is 4.07. The first-order valence-electron chi connectivity index (χ1n) is 5.09. The minimum Gasteiger partial charge on any atom is -0.481 e. The number of aliphatic hydroxyl groups is 2. The van der Waals surface area contributed by atoms with Crippen LogP contribution in [0.15, 0.2) is 18.3 Å². The van der Waals surface area contributed by atoms with E-state index in [1.165, 1.54) is 0 Å². The summed E-state index contributed by atoms with van der Waals surface area (Å²) in [5.74, 6) is 0.553. The van der Waals surface area contributed by atoms with E-state index in [4.69, 9.17) is 14.9 Å². The molecule has 0 spiro atoms. The largest absolute Gasteiger partial charge is 0.481 e. The van der Waals surface area contributed by atoms with Crippen LogP contribution in [0, 0.1) is 5.41 Å². The van der Waals surface area contributed by atoms with Gasteiger partial charge in [-0.1, -0.05) is 6.92 Å². The minimum absolute atomic E-state index is 0.0694. The number of hydrogen-bond acceptors (Lipinski definition) is 5. The van der Waals surface area contributed by atoms with Crippen LogP contribution < -0.4 is 10.1 Å². The molecule has 5 heteroatoms. The van der Waals surface area contributed by atoms with Crippen molar-refractivity contribution < 1.29 is 14.9 Å². The molecule has 0 atom stereocenters. The monoisotopic (exact) mass is 226 g/mol. The molecule has 0 aliphatic heterocycles. The highest BCUT2D eigenvalue weighted by Gasteiger charge is 2.21. The molecular formula is C11H18N2O3. The van der Waals surface area contributed by atoms with Gasteiger partial charge in [-0.25, -0.2) is 4.98 Å². The van der Waals surface area contributed by atoms with Crippen LogP contribution in [-0.4, -0.2) is 42.1 Å². The predicted molar refractivity (Wildman–Crippen MR) is 61.6 cm³/mol. The molecule has 1 heterocycles. The highest BCUT2D eigenvalue weighted by atomic mass is 16.5. The van der Waals surface area contributed by atoms with E-state index in [1.807, 2.05) is 6.07 Å². The van der Waals surface area contributed by atoms with Crippen LogP contribution in [0.1, 0.15) is 6.92 Å². The summed E-state index contributed by atoms with van der Waals surface area (Å²) in [5, 5.41) is 21.3. The summed E-state index contributed by atoms with van der Waals surface area (Å²) in [6.45, 7) is 2.14. The summed E-state index contributed by atoms with van der Waals surface area (Å²) in [6, 6.07) is 3.58. The van der Waals surface area contributed by atoms with Crippen LogP contribution >= 0.6 is 0 Å². The number of nitrogens with one attached hydrogen (secondary N) is 1. The van der Waals surface area contributed by atoms with Crippen molar-refractivity contribution in [1.82, 2.24) is 4.98 Å². The fraction of sp³-hybridized carbons (Fsp3) is 0.545. The zero-order chi connectivity index (χ0) is 12.0. The second-order valence-electron chi connectivity index (χ2n) is 4.07. The van der Waals surface area contributed by atoms with Crippen molar-refractivity contribution in [1.29, 1.82) is 0 Å². The molecule has 3 N–H and O–H groups in total. The quantitative estimate of drug-likeness (QED) is 0.658. The molecule has 0 aromatic carbocycles. The Kier molecular flexibility index (Phi) is 4.52. The lowest BCUT2D eigenvalue weighted by atomic mass is 9.93. The third kappa shape index (κ3) is 3.36. The standard InChI is InChI=1S/C11H18N2O3/c1-11(7-14,8-15)6-13-9-3-4-10(16-2)12-5-9/h3-5,13-15H,6-8H2,1-2H3. The van der Waals surface area contributed by atoms with Crippen LogP contribution in [0.2, 0.25) is 0 Å². The molecule has 0 saturated heterocycles. The predicted octanol–water partition coefficient (Wildman–Crippen LogP) is 0.493. The number of anilines is 1. The van der Waals surface area contributed by atoms with Gasteiger partial charge in [0.25, 0.3) is 0 Å². The molecule has 0 unspecified atom stereocenters. The molecule has 16 heavy (non-hydrogen) atoms. The third-order valence-electron chi connectivity index (χ3n) is 2.43. The Morgan fingerprint density at radius 3 is 2.50 bits per heavy atom. The summed E-state index contributed by atoms with van der Waals surface area (Å²) < 4.78 is 4.94. The molecule has 1 aromatic rings. The van der Waals surface area contributed by atoms with Gasteiger partial charge in [-0.15, -0.1) is 0 Å². The Balaban J connectivity index is 2.54. The first-order valence-corrected chi connectivity index (χ1v) is 5.09. The molecular weight excluding hydrogens is 208 g/mol. The first kappa shape index (κ1) is 12.7. The van der Waals surface area contributed by atoms with E-state index in [1.54, 1.807) is 26.3 Å². The third-order valence-corrected chi connectivity index (χ3v) is 2.43. The number of rotatable bonds is 6. The highest BCUT2D eigenvalue weighted by molar-refractivity contribution is 5.42. The van der Waals surface area contributed by atoms with Crippen LogP contribution in [0.3, 0.4) is 0 Å². The average molecular weight is 226 g/mol. The van der Waals surface area contributed by atoms with E-state index in [0.717, 1.165) is 5.69 Å². The Labute approximate surface area is 95.1 Å². The normalized spacial score (nSPS) is 11.2. The van der Waals surface area contributed by atoms with Crippen molar-refractivity contribution in [3.63, 3.8) is 0 Å². The van der Waals surface area contributed by atoms with E-state index < -0.39 is 5.41 Å². The maximum absolute atomic E-state index is 9.11. The molecule has 0 aliphatic rings. The molecule has 0 radical (unpaired) electrons. The zero-order valence-corrected chi connectivity index (χ0v) is 9.60. The van der Waals surface area contributed by atoms with E-state index in [0.29, 0.717) is 12.4 Å². The summed E-state index contributed by atoms with van der Waals surface area (Å²) in [5.41, 5.74) is 0.300. The van der Waals surface area contributed by atoms with E-state index in [2.05, 4.69) is 10.3 Å². The van der Waals surface area contributed by atoms with Crippen molar-refractivity contribution in [2.45, 2.75) is 6.92 Å². The van der Waals surface area contributed by atoms with E-state index >= 15 is 0 Å². The van der Waals surface area contributed by atoms with E-state index in [9.17, 15) is 0 Å². The molecule has 90 valence electrons. The number of aliphatic hydroxyl groups excluding tert-OH is 2. The molecule has 1 rings (SSSR count). The fourth-order valence-electron chi connectivity index (χ4n) is 1.08. The van der Waals surface area contributed by atoms with Crippen molar-refractivity contribution >= 4 is 5.69 Å². The van der Waals surface area contributed by atoms with Gasteiger partial charge in [0.2, 0.25) is 5.88 Å². The summed E-state index contributed by atoms with van der Waals surface area (Å²) in [7, 11) is 1.56. The summed E-state index contributed by atoms with van der Waals surface area (Å²) >= 11 is 0. The molecule has 0 bridgehead atoms. The molecule has 5 nitrogen and oxygen atoms in total. The van der Waals surface area contributed by atoms with Gasteiger partial charge >= 0.3 is 0 Å². The van der Waals surface area contributed by atoms with Gasteiger partial charge in [-0.05, 0) is 6.07 Å². The van der Waals surface area contributed by atoms with Crippen LogP contribution in [0.25, 0.3) is 0 Å². The first-order chi connectivity index (χ1) is 7.63. The van der Waals surface area contributed by atoms with Crippen molar-refractivity contribution in [3.8, 4) is 5.88 Å². The lowest BCUT2D eigenvalue weighted by Gasteiger charge is -2.25. The minimum atomic E-state index is -0.528. The lowest BCUT2D eigenvalue weighted by molar-refractivity contribution is 0.0806. The molecule has 0 aliphatic carbocycles. The topological polar surface area (TPSA) is 74.6 Å². The van der Waals surface area contributed by atoms with Gasteiger partial charge in [0.15, 0.2) is 0 Å². The van der Waals surface area contributed by atoms with Crippen molar-refractivity contribution in [2.24, 2.45) is 5.41 Å². The Hall–Kier alpha value is -1.33. The number of pyridine rings is 1. The van der Waals surface area contributed by atoms with Gasteiger partial charge < -0.3 is 20.3 Å². The number of aromatic nitrogens is 1. The maximum atomic E-state index is 9.11. The lowest BCUT2D eigenvalue weighted by Crippen LogP contribution is -2.34. The smallest absolute Gasteiger partial charge is 0.213 e. The number of nitrogens with zero attached hydrogens (tertiary/aromatic N) is 1. The number of methoxy groups -OCH3 is 1. The maximum Gasteiger partial charge on any atom is 0.213 e. The number of hydrogen-bond donors (Lipinski definition) is 3. The van der Waals surface area contributed by atoms with Crippen LogP contribution in [0.5, 0.6) is 5.88 Å². The average Bonchev–Trinajstić information content (AvgIpc) is 2.36. The highest BCUT2D eigenvalue weighted by Crippen LogP contribution is 2.17. The van der Waals surface area contributed by atoms with Crippen LogP contribution in [-0.2, 0) is 0 Å². The van der Waals surface area contributed by atoms with Crippen LogP contribution in [0.4, 0.5) is 5.69 Å². The van der Waals surface area contributed by atoms with Gasteiger partial charge in [0.1, 0.15) is 0 Å². The molecule has 0 fully saturated rings. The number of ether oxygens (including phenoxy) is 1. The fourth-order valence-corrected chi connectivity index (χ4v) is 1.08. The van der Waals surface area contributed by atoms with Gasteiger partial charge in [0.05, 0.1) is 32.2 Å². The van der Waals surface area contributed by atoms with Gasteiger partial charge in [-0.3, -0.25) is 0 Å². The molecule has 0 saturated carbocycles. The molecule has 1 aromatic heterocycles. The van der Waals surface area contributed by atoms with Crippen molar-refractivity contribution in [3.05, 3.63) is 18.3 Å². The van der Waals surface area contributed by atoms with Gasteiger partial charge in [0, 0.05) is 18.0 Å². The summed E-state index contributed by atoms with van der Waals surface area (Å²) in [4.78, 5) is 4.04. The second kappa shape index (κ2) is 5.67.